The number of hydrogen-bond donors (Lipinski definition) is 4. The lowest BCUT2D eigenvalue weighted by molar-refractivity contribution is -0.135. The van der Waals surface area contributed by atoms with Crippen LogP contribution in [0, 0.1) is 82.9 Å². The van der Waals surface area contributed by atoms with Crippen LogP contribution in [0.5, 0.6) is 0 Å². The molecule has 4 N–H and O–H groups in total. The standard InChI is InChI=1S/C69H112ClN7O5/c1-42-15-29-52(30-16-42)77(53-31-17-43(2)18-32-53)54-33-23-45(24-34-54)20-19-44-21-25-49(26-22-44)71-69(81)61-38-47-10-4-6-12-56(47)65(68(61)80)75-73-51-28-36-58-57-35-27-50(39-59(57)67(79)60(58)40-51)72-74-64-55-11-5-3-9-46(55)37-48(66(64)78)41-82-76-63-14-8-7-13-62(63)70/h19-20,42-66,68,76,78,80H,3-18,21-41H2,1-2H3,(H,71,81)/b20-19+,74-72?,75-73?. The normalized spacial score (nSPS) is 47.7. The Balaban J connectivity index is 0.603. The number of amides is 1. The van der Waals surface area contributed by atoms with E-state index in [1.165, 1.54) is 116 Å². The zero-order valence-electron chi connectivity index (χ0n) is 51.1. The molecular weight excluding hydrogens is 1040 g/mol. The van der Waals surface area contributed by atoms with E-state index in [1.807, 2.05) is 0 Å². The summed E-state index contributed by atoms with van der Waals surface area (Å²) in [6.07, 6.45) is 45.4. The number of azo groups is 2. The topological polar surface area (TPSA) is 161 Å². The number of ketones is 1. The molecule has 12 nitrogen and oxygen atoms in total. The highest BCUT2D eigenvalue weighted by Gasteiger charge is 2.55. The van der Waals surface area contributed by atoms with Gasteiger partial charge in [-0.3, -0.25) is 14.5 Å². The van der Waals surface area contributed by atoms with Crippen molar-refractivity contribution in [3.63, 3.8) is 0 Å². The number of fused-ring (bicyclic) bond motifs is 5. The van der Waals surface area contributed by atoms with Crippen LogP contribution in [-0.2, 0) is 14.4 Å². The van der Waals surface area contributed by atoms with Crippen molar-refractivity contribution in [2.75, 3.05) is 6.61 Å². The maximum atomic E-state index is 14.5. The van der Waals surface area contributed by atoms with Crippen LogP contribution >= 0.6 is 11.6 Å². The number of hydroxylamine groups is 1. The van der Waals surface area contributed by atoms with Gasteiger partial charge in [0.05, 0.1) is 42.2 Å². The predicted molar refractivity (Wildman–Crippen MR) is 325 cm³/mol. The summed E-state index contributed by atoms with van der Waals surface area (Å²) in [7, 11) is 0. The molecule has 0 aromatic heterocycles. The number of hydrogen-bond acceptors (Lipinski definition) is 11. The average Bonchev–Trinajstić information content (AvgIpc) is 3.81. The van der Waals surface area contributed by atoms with E-state index in [0.29, 0.717) is 53.8 Å². The summed E-state index contributed by atoms with van der Waals surface area (Å²) in [5.74, 6) is 5.46. The molecule has 12 fully saturated rings. The molecule has 12 aliphatic rings. The molecule has 12 aliphatic carbocycles. The lowest BCUT2D eigenvalue weighted by Crippen LogP contribution is -2.54. The number of nitrogens with zero attached hydrogens (tertiary/aromatic N) is 5. The second-order valence-corrected chi connectivity index (χ2v) is 31.3. The molecular formula is C69H112ClN7O5. The lowest BCUT2D eigenvalue weighted by atomic mass is 9.64. The van der Waals surface area contributed by atoms with Crippen molar-refractivity contribution in [2.24, 2.45) is 103 Å². The number of carbonyl (C=O) groups is 2. The van der Waals surface area contributed by atoms with E-state index in [1.54, 1.807) is 0 Å². The Morgan fingerprint density at radius 2 is 1.04 bits per heavy atom. The molecule has 0 aromatic rings. The first-order valence-electron chi connectivity index (χ1n) is 35.5. The molecule has 18 unspecified atom stereocenters. The Bertz CT molecular complexity index is 2130. The number of rotatable bonds is 15. The summed E-state index contributed by atoms with van der Waals surface area (Å²) in [4.78, 5) is 38.0. The second-order valence-electron chi connectivity index (χ2n) is 30.7. The minimum absolute atomic E-state index is 0.00719. The molecule has 82 heavy (non-hydrogen) atoms. The fraction of sp³-hybridized carbons (Fsp3) is 0.942. The van der Waals surface area contributed by atoms with E-state index in [4.69, 9.17) is 36.9 Å². The maximum absolute atomic E-state index is 14.5. The van der Waals surface area contributed by atoms with Crippen LogP contribution in [0.2, 0.25) is 0 Å². The second kappa shape index (κ2) is 28.1. The molecule has 13 heteroatoms. The van der Waals surface area contributed by atoms with Gasteiger partial charge in [-0.1, -0.05) is 77.4 Å². The number of Topliss-reactive ketones (excluding diaryl/α,β-unsaturated/α-hetero) is 1. The van der Waals surface area contributed by atoms with Gasteiger partial charge in [-0.25, -0.2) is 0 Å². The van der Waals surface area contributed by atoms with Gasteiger partial charge in [-0.2, -0.15) is 25.9 Å². The van der Waals surface area contributed by atoms with Crippen molar-refractivity contribution in [2.45, 2.75) is 317 Å². The molecule has 0 radical (unpaired) electrons. The van der Waals surface area contributed by atoms with E-state index in [9.17, 15) is 19.8 Å². The van der Waals surface area contributed by atoms with Crippen LogP contribution in [0.3, 0.4) is 0 Å². The fourth-order valence-corrected chi connectivity index (χ4v) is 21.0. The van der Waals surface area contributed by atoms with Crippen LogP contribution in [0.1, 0.15) is 245 Å². The Morgan fingerprint density at radius 1 is 0.549 bits per heavy atom. The monoisotopic (exact) mass is 1150 g/mol. The molecule has 0 spiro atoms. The molecule has 12 saturated carbocycles. The first kappa shape index (κ1) is 60.5. The molecule has 0 aliphatic heterocycles. The zero-order chi connectivity index (χ0) is 56.3. The fourth-order valence-electron chi connectivity index (χ4n) is 20.7. The van der Waals surface area contributed by atoms with Crippen molar-refractivity contribution in [3.8, 4) is 0 Å². The number of carbonyl (C=O) groups excluding carboxylic acids is 2. The SMILES string of the molecule is CC1CCC(N(C2CCC(C)CC2)C2CCC(/C=C/C3CCC(NC(=O)C4CC5CCCCC5C(N=NC5CCC6C(C5)C(=O)C5CC(N=NC7C(O)C(CONC8CCCCC8Cl)CC8CCCCC87)CCC56)C4O)CC3)CC2)CC1. The van der Waals surface area contributed by atoms with Gasteiger partial charge in [0.2, 0.25) is 5.91 Å². The summed E-state index contributed by atoms with van der Waals surface area (Å²) in [6, 6.07) is 2.15. The first-order valence-corrected chi connectivity index (χ1v) is 35.9. The highest BCUT2D eigenvalue weighted by molar-refractivity contribution is 6.21. The molecule has 18 atom stereocenters. The van der Waals surface area contributed by atoms with E-state index in [-0.39, 0.29) is 71.2 Å². The van der Waals surface area contributed by atoms with Gasteiger partial charge in [-0.05, 0) is 239 Å². The third-order valence-electron chi connectivity index (χ3n) is 25.6. The third kappa shape index (κ3) is 14.0. The van der Waals surface area contributed by atoms with Gasteiger partial charge in [0, 0.05) is 48.0 Å². The van der Waals surface area contributed by atoms with Crippen LogP contribution in [0.4, 0.5) is 0 Å². The molecule has 0 saturated heterocycles. The van der Waals surface area contributed by atoms with Gasteiger partial charge in [0.15, 0.2) is 0 Å². The van der Waals surface area contributed by atoms with E-state index >= 15 is 0 Å². The van der Waals surface area contributed by atoms with Crippen LogP contribution in [0.25, 0.3) is 0 Å². The third-order valence-corrected chi connectivity index (χ3v) is 26.2. The highest BCUT2D eigenvalue weighted by Crippen LogP contribution is 2.54. The van der Waals surface area contributed by atoms with Gasteiger partial charge < -0.3 is 20.4 Å². The molecule has 0 heterocycles. The Labute approximate surface area is 500 Å². The minimum atomic E-state index is -0.832. The van der Waals surface area contributed by atoms with Gasteiger partial charge in [0.25, 0.3) is 0 Å². The number of nitrogens with one attached hydrogen (secondary N) is 2. The molecule has 0 aromatic carbocycles. The van der Waals surface area contributed by atoms with Crippen molar-refractivity contribution in [1.82, 2.24) is 15.7 Å². The van der Waals surface area contributed by atoms with Gasteiger partial charge in [-0.15, -0.1) is 11.6 Å². The van der Waals surface area contributed by atoms with Crippen molar-refractivity contribution >= 4 is 23.3 Å². The smallest absolute Gasteiger partial charge is 0.226 e. The molecule has 1 amide bonds. The van der Waals surface area contributed by atoms with Crippen molar-refractivity contribution in [1.29, 1.82) is 0 Å². The summed E-state index contributed by atoms with van der Waals surface area (Å²) >= 11 is 6.62. The number of halogens is 1. The van der Waals surface area contributed by atoms with E-state index < -0.39 is 18.1 Å². The largest absolute Gasteiger partial charge is 0.390 e. The summed E-state index contributed by atoms with van der Waals surface area (Å²) in [5, 5.41) is 47.9. The Hall–Kier alpha value is -1.83. The predicted octanol–water partition coefficient (Wildman–Crippen LogP) is 14.5. The molecule has 0 bridgehead atoms. The first-order chi connectivity index (χ1) is 40.0. The quantitative estimate of drug-likeness (QED) is 0.0549. The highest BCUT2D eigenvalue weighted by atomic mass is 35.5. The number of aliphatic hydroxyl groups is 2. The Kier molecular flexibility index (Phi) is 20.7. The van der Waals surface area contributed by atoms with Crippen LogP contribution in [-0.4, -0.2) is 105 Å². The van der Waals surface area contributed by atoms with Crippen LogP contribution < -0.4 is 10.8 Å². The van der Waals surface area contributed by atoms with Crippen molar-refractivity contribution < 1.29 is 24.6 Å². The minimum Gasteiger partial charge on any atom is -0.390 e. The molecule has 12 rings (SSSR count). The summed E-state index contributed by atoms with van der Waals surface area (Å²) in [6.45, 7) is 5.39. The number of allylic oxidation sites excluding steroid dienone is 2. The van der Waals surface area contributed by atoms with Crippen LogP contribution in [0.15, 0.2) is 32.6 Å². The Morgan fingerprint density at radius 3 is 1.60 bits per heavy atom. The lowest BCUT2D eigenvalue weighted by Gasteiger charge is -2.49. The summed E-state index contributed by atoms with van der Waals surface area (Å²) in [5.41, 5.74) is 3.27. The van der Waals surface area contributed by atoms with Gasteiger partial charge in [0.1, 0.15) is 17.9 Å². The number of alkyl halides is 1. The zero-order valence-corrected chi connectivity index (χ0v) is 51.8. The summed E-state index contributed by atoms with van der Waals surface area (Å²) < 4.78 is 0. The van der Waals surface area contributed by atoms with Crippen molar-refractivity contribution in [3.05, 3.63) is 12.2 Å². The van der Waals surface area contributed by atoms with E-state index in [0.717, 1.165) is 146 Å². The van der Waals surface area contributed by atoms with Gasteiger partial charge >= 0.3 is 0 Å². The molecule has 460 valence electrons. The average molecular weight is 1160 g/mol. The number of aliphatic hydroxyl groups excluding tert-OH is 2. The van der Waals surface area contributed by atoms with E-state index in [2.05, 4.69) is 41.7 Å². The maximum Gasteiger partial charge on any atom is 0.226 e.